The molecule has 1 amide bonds. The Kier molecular flexibility index (Phi) is 5.38. The van der Waals surface area contributed by atoms with Gasteiger partial charge in [0.05, 0.1) is 27.4 Å². The number of aromatic carboxylic acids is 1. The Bertz CT molecular complexity index is 1550. The lowest BCUT2D eigenvalue weighted by Crippen LogP contribution is -2.42. The third-order valence-electron chi connectivity index (χ3n) is 6.93. The lowest BCUT2D eigenvalue weighted by molar-refractivity contribution is 0.0649. The highest BCUT2D eigenvalue weighted by atomic mass is 35.5. The van der Waals surface area contributed by atoms with Crippen molar-refractivity contribution in [1.29, 1.82) is 0 Å². The number of carbonyl (C=O) groups excluding carboxylic acids is 2. The van der Waals surface area contributed by atoms with E-state index in [1.165, 1.54) is 12.1 Å². The summed E-state index contributed by atoms with van der Waals surface area (Å²) in [7, 11) is 0. The predicted molar refractivity (Wildman–Crippen MR) is 135 cm³/mol. The van der Waals surface area contributed by atoms with Gasteiger partial charge in [0.25, 0.3) is 5.91 Å². The largest absolute Gasteiger partial charge is 0.478 e. The number of amides is 1. The fourth-order valence-electron chi connectivity index (χ4n) is 4.68. The zero-order valence-electron chi connectivity index (χ0n) is 19.3. The van der Waals surface area contributed by atoms with Crippen LogP contribution in [0.25, 0.3) is 16.8 Å². The number of rotatable bonds is 6. The molecule has 1 N–H and O–H groups in total. The van der Waals surface area contributed by atoms with Crippen molar-refractivity contribution in [2.45, 2.75) is 25.2 Å². The van der Waals surface area contributed by atoms with Crippen molar-refractivity contribution in [3.63, 3.8) is 0 Å². The Morgan fingerprint density at radius 2 is 1.67 bits per heavy atom. The van der Waals surface area contributed by atoms with E-state index in [1.54, 1.807) is 45.8 Å². The molecule has 1 saturated heterocycles. The van der Waals surface area contributed by atoms with Gasteiger partial charge in [-0.1, -0.05) is 35.9 Å². The van der Waals surface area contributed by atoms with E-state index in [0.29, 0.717) is 38.8 Å². The van der Waals surface area contributed by atoms with Gasteiger partial charge in [0.2, 0.25) is 5.78 Å². The van der Waals surface area contributed by atoms with Crippen molar-refractivity contribution in [3.05, 3.63) is 93.9 Å². The Balaban J connectivity index is 1.53. The molecule has 2 aromatic carbocycles. The van der Waals surface area contributed by atoms with Crippen LogP contribution in [-0.2, 0) is 0 Å². The number of carboxylic acid groups (broad SMARTS) is 1. The maximum absolute atomic E-state index is 14.0. The number of carbonyl (C=O) groups is 3. The predicted octanol–water partition coefficient (Wildman–Crippen LogP) is 5.31. The smallest absolute Gasteiger partial charge is 0.335 e. The first-order valence-corrected chi connectivity index (χ1v) is 12.3. The minimum absolute atomic E-state index is 0.0842. The highest BCUT2D eigenvalue weighted by molar-refractivity contribution is 6.35. The second-order valence-corrected chi connectivity index (χ2v) is 9.70. The van der Waals surface area contributed by atoms with Crippen LogP contribution < -0.4 is 0 Å². The maximum atomic E-state index is 14.0. The van der Waals surface area contributed by atoms with Crippen molar-refractivity contribution >= 4 is 34.8 Å². The summed E-state index contributed by atoms with van der Waals surface area (Å²) in [5.74, 6) is -0.942. The van der Waals surface area contributed by atoms with E-state index >= 15 is 0 Å². The van der Waals surface area contributed by atoms with Crippen molar-refractivity contribution in [3.8, 4) is 11.3 Å². The van der Waals surface area contributed by atoms with Gasteiger partial charge < -0.3 is 10.0 Å². The lowest BCUT2D eigenvalue weighted by atomic mass is 9.99. The molecule has 0 bridgehead atoms. The molecule has 0 unspecified atom stereocenters. The van der Waals surface area contributed by atoms with Crippen LogP contribution in [0.2, 0.25) is 5.02 Å². The van der Waals surface area contributed by atoms with E-state index in [2.05, 4.69) is 0 Å². The summed E-state index contributed by atoms with van der Waals surface area (Å²) in [4.78, 5) is 44.7. The Morgan fingerprint density at radius 1 is 0.944 bits per heavy atom. The number of imidazole rings is 1. The van der Waals surface area contributed by atoms with Crippen molar-refractivity contribution in [2.24, 2.45) is 0 Å². The van der Waals surface area contributed by atoms with Crippen LogP contribution in [0.5, 0.6) is 0 Å². The van der Waals surface area contributed by atoms with Crippen LogP contribution in [0.4, 0.5) is 0 Å². The van der Waals surface area contributed by atoms with E-state index in [0.717, 1.165) is 37.9 Å². The molecule has 4 aromatic rings. The summed E-state index contributed by atoms with van der Waals surface area (Å²) in [6.45, 7) is 1.44. The van der Waals surface area contributed by atoms with Crippen LogP contribution in [0, 0.1) is 0 Å². The number of nitrogens with zero attached hydrogens (tertiary/aromatic N) is 3. The van der Waals surface area contributed by atoms with E-state index in [9.17, 15) is 19.5 Å². The van der Waals surface area contributed by atoms with Crippen LogP contribution in [0.15, 0.2) is 60.8 Å². The molecule has 0 atom stereocenters. The Morgan fingerprint density at radius 3 is 2.31 bits per heavy atom. The van der Waals surface area contributed by atoms with Gasteiger partial charge in [-0.15, -0.1) is 0 Å². The van der Waals surface area contributed by atoms with E-state index in [4.69, 9.17) is 16.6 Å². The molecular weight excluding hydrogens is 478 g/mol. The first kappa shape index (κ1) is 22.5. The van der Waals surface area contributed by atoms with Crippen molar-refractivity contribution in [1.82, 2.24) is 14.3 Å². The normalized spacial score (nSPS) is 15.1. The molecule has 1 aliphatic heterocycles. The number of pyridine rings is 1. The number of ketones is 1. The van der Waals surface area contributed by atoms with Gasteiger partial charge in [-0.05, 0) is 61.1 Å². The molecule has 1 saturated carbocycles. The van der Waals surface area contributed by atoms with Gasteiger partial charge >= 0.3 is 5.97 Å². The number of halogens is 1. The Labute approximate surface area is 211 Å². The molecule has 0 spiro atoms. The van der Waals surface area contributed by atoms with Crippen LogP contribution in [-0.4, -0.2) is 50.1 Å². The summed E-state index contributed by atoms with van der Waals surface area (Å²) < 4.78 is 1.66. The summed E-state index contributed by atoms with van der Waals surface area (Å²) in [5.41, 5.74) is 3.83. The molecule has 1 aliphatic carbocycles. The number of benzene rings is 2. The Hall–Kier alpha value is -3.97. The molecule has 3 heterocycles. The van der Waals surface area contributed by atoms with Gasteiger partial charge in [-0.2, -0.15) is 0 Å². The fraction of sp³-hybridized carbons (Fsp3) is 0.214. The molecule has 8 heteroatoms. The molecule has 2 aromatic heterocycles. The van der Waals surface area contributed by atoms with Gasteiger partial charge in [0.15, 0.2) is 5.82 Å². The molecule has 180 valence electrons. The molecule has 36 heavy (non-hydrogen) atoms. The topological polar surface area (TPSA) is 92.0 Å². The van der Waals surface area contributed by atoms with E-state index in [-0.39, 0.29) is 23.1 Å². The van der Waals surface area contributed by atoms with Crippen molar-refractivity contribution < 1.29 is 19.5 Å². The highest BCUT2D eigenvalue weighted by Gasteiger charge is 2.32. The number of fused-ring (bicyclic) bond motifs is 1. The second-order valence-electron chi connectivity index (χ2n) is 9.29. The average molecular weight is 500 g/mol. The quantitative estimate of drug-likeness (QED) is 0.363. The summed E-state index contributed by atoms with van der Waals surface area (Å²) in [6, 6.07) is 15.4. The number of hydrogen-bond donors (Lipinski definition) is 1. The number of hydrogen-bond acceptors (Lipinski definition) is 4. The number of aromatic nitrogens is 2. The molecule has 0 radical (unpaired) electrons. The standard InChI is InChI=1S/C28H22ClN3O4/c29-21-4-1-3-20(16-5-6-16)23(21)25(33)26-30-24(17-7-9-18(10-8-17)28(35)36)22-12-11-19(15-32(22)26)27(34)31-13-2-14-31/h1,3-4,7-12,15-16H,2,5-6,13-14H2,(H,35,36). The van der Waals surface area contributed by atoms with Crippen LogP contribution in [0.3, 0.4) is 0 Å². The first-order valence-electron chi connectivity index (χ1n) is 11.9. The minimum atomic E-state index is -1.02. The summed E-state index contributed by atoms with van der Waals surface area (Å²) in [5, 5.41) is 9.64. The zero-order chi connectivity index (χ0) is 25.0. The van der Waals surface area contributed by atoms with Crippen molar-refractivity contribution in [2.75, 3.05) is 13.1 Å². The molecule has 2 aliphatic rings. The van der Waals surface area contributed by atoms with E-state index < -0.39 is 5.97 Å². The molecule has 6 rings (SSSR count). The summed E-state index contributed by atoms with van der Waals surface area (Å²) in [6.07, 6.45) is 4.67. The number of likely N-dealkylation sites (tertiary alicyclic amines) is 1. The molecular formula is C28H22ClN3O4. The first-order chi connectivity index (χ1) is 17.4. The molecule has 7 nitrogen and oxygen atoms in total. The van der Waals surface area contributed by atoms with Gasteiger partial charge in [0, 0.05) is 30.4 Å². The van der Waals surface area contributed by atoms with Crippen LogP contribution >= 0.6 is 11.6 Å². The van der Waals surface area contributed by atoms with E-state index in [1.807, 2.05) is 12.1 Å². The SMILES string of the molecule is O=C(O)c1ccc(-c2nc(C(=O)c3c(Cl)cccc3C3CC3)n3cc(C(=O)N4CCC4)ccc23)cc1. The third kappa shape index (κ3) is 3.76. The van der Waals surface area contributed by atoms with Gasteiger partial charge in [0.1, 0.15) is 0 Å². The second kappa shape index (κ2) is 8.60. The number of carboxylic acids is 1. The third-order valence-corrected chi connectivity index (χ3v) is 7.24. The fourth-order valence-corrected chi connectivity index (χ4v) is 4.95. The highest BCUT2D eigenvalue weighted by Crippen LogP contribution is 2.43. The zero-order valence-corrected chi connectivity index (χ0v) is 20.0. The lowest BCUT2D eigenvalue weighted by Gasteiger charge is -2.30. The summed E-state index contributed by atoms with van der Waals surface area (Å²) >= 11 is 6.54. The molecule has 2 fully saturated rings. The van der Waals surface area contributed by atoms with Gasteiger partial charge in [-0.25, -0.2) is 9.78 Å². The van der Waals surface area contributed by atoms with Gasteiger partial charge in [-0.3, -0.25) is 14.0 Å². The average Bonchev–Trinajstić information content (AvgIpc) is 3.62. The monoisotopic (exact) mass is 499 g/mol. The maximum Gasteiger partial charge on any atom is 0.335 e. The van der Waals surface area contributed by atoms with Crippen LogP contribution in [0.1, 0.15) is 67.6 Å². The minimum Gasteiger partial charge on any atom is -0.478 e.